The molecule has 7 heteroatoms. The first kappa shape index (κ1) is 22.6. The van der Waals surface area contributed by atoms with Crippen LogP contribution in [0.2, 0.25) is 0 Å². The number of carbonyl (C=O) groups is 1. The van der Waals surface area contributed by atoms with E-state index in [1.807, 2.05) is 60.7 Å². The Kier molecular flexibility index (Phi) is 5.03. The number of pyridine rings is 1. The number of ether oxygens (including phenoxy) is 1. The topological polar surface area (TPSA) is 77.2 Å². The number of benzene rings is 4. The Hall–Kier alpha value is -4.62. The second-order valence-corrected chi connectivity index (χ2v) is 9.60. The number of aromatic nitrogens is 1. The van der Waals surface area contributed by atoms with Crippen LogP contribution < -0.4 is 11.1 Å². The van der Waals surface area contributed by atoms with Crippen LogP contribution >= 0.6 is 0 Å². The minimum absolute atomic E-state index is 0.197. The van der Waals surface area contributed by atoms with Crippen molar-refractivity contribution in [3.63, 3.8) is 0 Å². The molecule has 2 aliphatic rings. The fourth-order valence-electron chi connectivity index (χ4n) is 5.60. The summed E-state index contributed by atoms with van der Waals surface area (Å²) in [5, 5.41) is 4.81. The minimum Gasteiger partial charge on any atom is -0.383 e. The van der Waals surface area contributed by atoms with Gasteiger partial charge in [-0.3, -0.25) is 4.79 Å². The lowest BCUT2D eigenvalue weighted by Crippen LogP contribution is -2.23. The first-order chi connectivity index (χ1) is 18.5. The molecule has 1 amide bonds. The largest absolute Gasteiger partial charge is 0.383 e. The van der Waals surface area contributed by atoms with E-state index >= 15 is 0 Å². The van der Waals surface area contributed by atoms with E-state index in [0.29, 0.717) is 29.1 Å². The molecule has 0 saturated carbocycles. The van der Waals surface area contributed by atoms with Crippen molar-refractivity contribution in [3.05, 3.63) is 130 Å². The van der Waals surface area contributed by atoms with Gasteiger partial charge in [0.05, 0.1) is 0 Å². The van der Waals surface area contributed by atoms with Gasteiger partial charge in [0.25, 0.3) is 5.91 Å². The van der Waals surface area contributed by atoms with Crippen molar-refractivity contribution >= 4 is 22.5 Å². The standard InChI is InChI=1S/C31H21F2N3O2/c32-19-6-9-21(27(33)14-19)16-4-7-22-25(12-16)29-26-13-17(5-8-23(26)28(22)38-29)31(37)36-15-18-2-1-3-24-20(18)10-11-35-30(24)34/h1-14,28-29H,15H2,(H2,34,35)(H,36,37). The molecular formula is C31H21F2N3O2. The third-order valence-corrected chi connectivity index (χ3v) is 7.45. The minimum atomic E-state index is -0.615. The van der Waals surface area contributed by atoms with Gasteiger partial charge < -0.3 is 15.8 Å². The summed E-state index contributed by atoms with van der Waals surface area (Å²) in [7, 11) is 0. The highest BCUT2D eigenvalue weighted by atomic mass is 19.1. The van der Waals surface area contributed by atoms with Crippen molar-refractivity contribution < 1.29 is 18.3 Å². The summed E-state index contributed by atoms with van der Waals surface area (Å²) < 4.78 is 34.1. The summed E-state index contributed by atoms with van der Waals surface area (Å²) in [5.41, 5.74) is 12.4. The Morgan fingerprint density at radius 3 is 2.50 bits per heavy atom. The number of anilines is 1. The van der Waals surface area contributed by atoms with E-state index in [4.69, 9.17) is 10.5 Å². The summed E-state index contributed by atoms with van der Waals surface area (Å²) in [4.78, 5) is 17.3. The van der Waals surface area contributed by atoms with Crippen LogP contribution in [0.4, 0.5) is 14.6 Å². The van der Waals surface area contributed by atoms with Crippen molar-refractivity contribution in [2.24, 2.45) is 0 Å². The lowest BCUT2D eigenvalue weighted by atomic mass is 9.83. The normalized spacial score (nSPS) is 16.9. The maximum atomic E-state index is 14.4. The van der Waals surface area contributed by atoms with Crippen LogP contribution in [0.5, 0.6) is 0 Å². The van der Waals surface area contributed by atoms with Crippen LogP contribution in [0.15, 0.2) is 85.1 Å². The third-order valence-electron chi connectivity index (χ3n) is 7.45. The number of fused-ring (bicyclic) bond motifs is 9. The number of amides is 1. The van der Waals surface area contributed by atoms with E-state index in [1.54, 1.807) is 6.20 Å². The molecular weight excluding hydrogens is 484 g/mol. The van der Waals surface area contributed by atoms with Gasteiger partial charge in [-0.2, -0.15) is 0 Å². The Morgan fingerprint density at radius 2 is 1.66 bits per heavy atom. The number of nitrogen functional groups attached to an aromatic ring is 1. The number of hydrogen-bond acceptors (Lipinski definition) is 4. The molecule has 5 aromatic rings. The second kappa shape index (κ2) is 8.46. The summed E-state index contributed by atoms with van der Waals surface area (Å²) in [6.07, 6.45) is 1.07. The number of hydrogen-bond donors (Lipinski definition) is 2. The van der Waals surface area contributed by atoms with Gasteiger partial charge in [0.15, 0.2) is 0 Å². The molecule has 4 aromatic carbocycles. The molecule has 5 nitrogen and oxygen atoms in total. The van der Waals surface area contributed by atoms with Crippen LogP contribution in [-0.2, 0) is 11.3 Å². The van der Waals surface area contributed by atoms with Crippen molar-refractivity contribution in [3.8, 4) is 11.1 Å². The number of rotatable bonds is 4. The molecule has 0 aliphatic carbocycles. The molecule has 2 atom stereocenters. The van der Waals surface area contributed by atoms with E-state index in [9.17, 15) is 13.6 Å². The zero-order valence-corrected chi connectivity index (χ0v) is 20.0. The predicted octanol–water partition coefficient (Wildman–Crippen LogP) is 6.21. The Bertz CT molecular complexity index is 1790. The maximum Gasteiger partial charge on any atom is 0.251 e. The zero-order valence-electron chi connectivity index (χ0n) is 20.0. The molecule has 1 aromatic heterocycles. The van der Waals surface area contributed by atoms with Crippen LogP contribution in [0.1, 0.15) is 50.4 Å². The number of nitrogens with one attached hydrogen (secondary N) is 1. The SMILES string of the molecule is Nc1nccc2c(CNC(=O)c3ccc4c(c3)C3OC4c4ccc(-c5ccc(F)cc5F)cc43)cccc12. The fourth-order valence-corrected chi connectivity index (χ4v) is 5.60. The highest BCUT2D eigenvalue weighted by molar-refractivity contribution is 5.96. The maximum absolute atomic E-state index is 14.4. The van der Waals surface area contributed by atoms with Gasteiger partial charge in [0, 0.05) is 35.3 Å². The molecule has 2 bridgehead atoms. The van der Waals surface area contributed by atoms with E-state index in [1.165, 1.54) is 12.1 Å². The van der Waals surface area contributed by atoms with Crippen LogP contribution in [-0.4, -0.2) is 10.9 Å². The zero-order chi connectivity index (χ0) is 26.0. The first-order valence-corrected chi connectivity index (χ1v) is 12.3. The van der Waals surface area contributed by atoms with Crippen LogP contribution in [0.25, 0.3) is 21.9 Å². The van der Waals surface area contributed by atoms with Gasteiger partial charge in [0.1, 0.15) is 29.7 Å². The molecule has 0 spiro atoms. The van der Waals surface area contributed by atoms with Gasteiger partial charge in [-0.25, -0.2) is 13.8 Å². The number of carbonyl (C=O) groups excluding carboxylic acids is 1. The molecule has 3 heterocycles. The van der Waals surface area contributed by atoms with Gasteiger partial charge in [0.2, 0.25) is 0 Å². The average molecular weight is 506 g/mol. The van der Waals surface area contributed by atoms with Crippen LogP contribution in [0, 0.1) is 11.6 Å². The summed E-state index contributed by atoms with van der Waals surface area (Å²) in [5.74, 6) is -0.971. The summed E-state index contributed by atoms with van der Waals surface area (Å²) >= 11 is 0. The molecule has 38 heavy (non-hydrogen) atoms. The monoisotopic (exact) mass is 505 g/mol. The molecule has 0 radical (unpaired) electrons. The molecule has 0 fully saturated rings. The number of halogens is 2. The van der Waals surface area contributed by atoms with Crippen molar-refractivity contribution in [1.82, 2.24) is 10.3 Å². The predicted molar refractivity (Wildman–Crippen MR) is 140 cm³/mol. The second-order valence-electron chi connectivity index (χ2n) is 9.60. The molecule has 3 N–H and O–H groups in total. The average Bonchev–Trinajstić information content (AvgIpc) is 3.49. The number of nitrogens with two attached hydrogens (primary N) is 1. The quantitative estimate of drug-likeness (QED) is 0.304. The molecule has 2 unspecified atom stereocenters. The van der Waals surface area contributed by atoms with Crippen molar-refractivity contribution in [1.29, 1.82) is 0 Å². The highest BCUT2D eigenvalue weighted by Gasteiger charge is 2.43. The molecule has 186 valence electrons. The lowest BCUT2D eigenvalue weighted by Gasteiger charge is -2.18. The first-order valence-electron chi connectivity index (χ1n) is 12.3. The van der Waals surface area contributed by atoms with Crippen molar-refractivity contribution in [2.75, 3.05) is 5.73 Å². The molecule has 7 rings (SSSR count). The van der Waals surface area contributed by atoms with E-state index < -0.39 is 11.6 Å². The van der Waals surface area contributed by atoms with E-state index in [2.05, 4.69) is 10.3 Å². The van der Waals surface area contributed by atoms with Gasteiger partial charge in [-0.05, 0) is 75.2 Å². The molecule has 2 aliphatic heterocycles. The van der Waals surface area contributed by atoms with Gasteiger partial charge >= 0.3 is 0 Å². The third kappa shape index (κ3) is 3.47. The van der Waals surface area contributed by atoms with Crippen molar-refractivity contribution in [2.45, 2.75) is 18.8 Å². The fraction of sp³-hybridized carbons (Fsp3) is 0.0968. The Balaban J connectivity index is 1.16. The number of nitrogens with zero attached hydrogens (tertiary/aromatic N) is 1. The Morgan fingerprint density at radius 1 is 0.868 bits per heavy atom. The highest BCUT2D eigenvalue weighted by Crippen LogP contribution is 2.54. The summed E-state index contributed by atoms with van der Waals surface area (Å²) in [6.45, 7) is 0.342. The van der Waals surface area contributed by atoms with Crippen LogP contribution in [0.3, 0.4) is 0 Å². The summed E-state index contributed by atoms with van der Waals surface area (Å²) in [6, 6.07) is 22.5. The van der Waals surface area contributed by atoms with Gasteiger partial charge in [-0.1, -0.05) is 36.4 Å². The molecule has 0 saturated heterocycles. The van der Waals surface area contributed by atoms with Gasteiger partial charge in [-0.15, -0.1) is 0 Å². The lowest BCUT2D eigenvalue weighted by molar-refractivity contribution is 0.0857. The Labute approximate surface area is 216 Å². The van der Waals surface area contributed by atoms with E-state index in [0.717, 1.165) is 44.7 Å². The smallest absolute Gasteiger partial charge is 0.251 e. The van der Waals surface area contributed by atoms with E-state index in [-0.39, 0.29) is 18.1 Å².